The van der Waals surface area contributed by atoms with Crippen LogP contribution >= 0.6 is 0 Å². The third-order valence-corrected chi connectivity index (χ3v) is 15.0. The second-order valence-corrected chi connectivity index (χ2v) is 21.7. The first kappa shape index (κ1) is 35.1. The topological polar surface area (TPSA) is 23.0 Å². The third-order valence-electron chi connectivity index (χ3n) is 15.0. The lowest BCUT2D eigenvalue weighted by atomic mass is 9.45. The smallest absolute Gasteiger partial charge is 0.333 e. The zero-order valence-corrected chi connectivity index (χ0v) is 36.9. The van der Waals surface area contributed by atoms with Crippen molar-refractivity contribution in [2.24, 2.45) is 0 Å². The number of hydrogen-bond acceptors (Lipinski definition) is 1. The number of para-hydroxylation sites is 2. The normalized spacial score (nSPS) is 14.2. The average molecular weight is 799 g/mol. The summed E-state index contributed by atoms with van der Waals surface area (Å²) in [5.41, 5.74) is 17.9. The van der Waals surface area contributed by atoms with E-state index in [1.54, 1.807) is 0 Å². The van der Waals surface area contributed by atoms with Crippen LogP contribution in [0.15, 0.2) is 126 Å². The molecule has 0 unspecified atom stereocenters. The molecule has 4 heteroatoms. The van der Waals surface area contributed by atoms with Gasteiger partial charge >= 0.3 is 6.85 Å². The van der Waals surface area contributed by atoms with Gasteiger partial charge < -0.3 is 13.5 Å². The maximum atomic E-state index is 6.60. The van der Waals surface area contributed by atoms with Gasteiger partial charge in [0, 0.05) is 59.7 Å². The number of furan rings is 1. The van der Waals surface area contributed by atoms with Gasteiger partial charge in [0.2, 0.25) is 0 Å². The molecule has 0 saturated heterocycles. The Hall–Kier alpha value is -6.52. The van der Waals surface area contributed by atoms with Crippen LogP contribution in [0.4, 0.5) is 0 Å². The molecule has 0 bridgehead atoms. The molecular weight excluding hydrogens is 751 g/mol. The molecule has 2 aliphatic heterocycles. The first-order valence-electron chi connectivity index (χ1n) is 22.5. The van der Waals surface area contributed by atoms with E-state index >= 15 is 0 Å². The maximum Gasteiger partial charge on any atom is 0.333 e. The van der Waals surface area contributed by atoms with Crippen LogP contribution in [0.2, 0.25) is 0 Å². The number of hydrogen-bond donors (Lipinski definition) is 0. The van der Waals surface area contributed by atoms with E-state index in [4.69, 9.17) is 4.42 Å². The number of fused-ring (bicyclic) bond motifs is 16. The van der Waals surface area contributed by atoms with Crippen molar-refractivity contribution in [3.63, 3.8) is 0 Å². The summed E-state index contributed by atoms with van der Waals surface area (Å²) in [6, 6.07) is 47.3. The van der Waals surface area contributed by atoms with Gasteiger partial charge in [0.05, 0.1) is 16.7 Å². The Labute approximate surface area is 361 Å². The molecule has 0 amide bonds. The maximum absolute atomic E-state index is 6.60. The summed E-state index contributed by atoms with van der Waals surface area (Å²) in [7, 11) is 0. The molecule has 9 aromatic carbocycles. The Morgan fingerprint density at radius 2 is 1.13 bits per heavy atom. The second-order valence-electron chi connectivity index (χ2n) is 21.7. The van der Waals surface area contributed by atoms with E-state index in [2.05, 4.69) is 193 Å². The lowest BCUT2D eigenvalue weighted by Crippen LogP contribution is -2.55. The lowest BCUT2D eigenvalue weighted by Gasteiger charge is -2.36. The molecule has 5 heterocycles. The molecule has 0 atom stereocenters. The predicted octanol–water partition coefficient (Wildman–Crippen LogP) is 14.5. The number of benzene rings is 9. The fraction of sp³-hybridized carbons (Fsp3) is 0.207. The summed E-state index contributed by atoms with van der Waals surface area (Å²) in [6.45, 7) is 21.1. The number of rotatable bonds is 0. The quantitative estimate of drug-likeness (QED) is 0.111. The van der Waals surface area contributed by atoms with Gasteiger partial charge in [-0.3, -0.25) is 0 Å². The molecule has 0 aliphatic carbocycles. The zero-order chi connectivity index (χ0) is 42.1. The lowest BCUT2D eigenvalue weighted by molar-refractivity contribution is 0.590. The van der Waals surface area contributed by atoms with Crippen molar-refractivity contribution < 1.29 is 4.42 Å². The second kappa shape index (κ2) is 10.9. The monoisotopic (exact) mass is 798 g/mol. The van der Waals surface area contributed by atoms with E-state index in [0.29, 0.717) is 0 Å². The highest BCUT2D eigenvalue weighted by atomic mass is 16.3. The van der Waals surface area contributed by atoms with Gasteiger partial charge in [-0.25, -0.2) is 0 Å². The van der Waals surface area contributed by atoms with Crippen LogP contribution in [-0.4, -0.2) is 15.9 Å². The van der Waals surface area contributed by atoms with Gasteiger partial charge in [-0.1, -0.05) is 141 Å². The molecule has 0 saturated carbocycles. The van der Waals surface area contributed by atoms with Crippen molar-refractivity contribution in [1.82, 2.24) is 9.05 Å². The van der Waals surface area contributed by atoms with Crippen molar-refractivity contribution in [2.75, 3.05) is 0 Å². The van der Waals surface area contributed by atoms with Crippen LogP contribution < -0.4 is 10.9 Å². The molecule has 0 radical (unpaired) electrons. The molecule has 3 aromatic heterocycles. The van der Waals surface area contributed by atoms with E-state index in [9.17, 15) is 0 Å². The first-order valence-corrected chi connectivity index (χ1v) is 22.5. The summed E-state index contributed by atoms with van der Waals surface area (Å²) in [5, 5.41) is 15.6. The highest BCUT2D eigenvalue weighted by Crippen LogP contribution is 2.52. The van der Waals surface area contributed by atoms with Crippen molar-refractivity contribution >= 4 is 116 Å². The Morgan fingerprint density at radius 1 is 0.452 bits per heavy atom. The van der Waals surface area contributed by atoms with Crippen LogP contribution in [-0.2, 0) is 16.2 Å². The molecule has 14 rings (SSSR count). The van der Waals surface area contributed by atoms with E-state index in [1.807, 2.05) is 0 Å². The van der Waals surface area contributed by atoms with Crippen molar-refractivity contribution in [2.45, 2.75) is 78.6 Å². The summed E-state index contributed by atoms with van der Waals surface area (Å²) in [4.78, 5) is 0. The van der Waals surface area contributed by atoms with Gasteiger partial charge in [-0.15, -0.1) is 0 Å². The number of aromatic nitrogens is 2. The van der Waals surface area contributed by atoms with Gasteiger partial charge in [-0.2, -0.15) is 0 Å². The SMILES string of the molecule is CC(C)(C)c1cc2ccc3c4c5c(c6ccc(c1)c2c36)-n1c2ccc3oc6ccccc6c3c2c2cccc(c21)B5n1c2ccc(C(C)(C)C)cc2c2cc(C(C)(C)C)cc-4c21. The van der Waals surface area contributed by atoms with Crippen LogP contribution in [0.1, 0.15) is 79.0 Å². The Balaban J connectivity index is 1.27. The van der Waals surface area contributed by atoms with E-state index in [1.165, 1.54) is 131 Å². The minimum Gasteiger partial charge on any atom is -0.456 e. The molecule has 62 heavy (non-hydrogen) atoms. The summed E-state index contributed by atoms with van der Waals surface area (Å²) >= 11 is 0. The Kier molecular flexibility index (Phi) is 6.18. The Bertz CT molecular complexity index is 4020. The fourth-order valence-electron chi connectivity index (χ4n) is 12.0. The van der Waals surface area contributed by atoms with Crippen LogP contribution in [0.3, 0.4) is 0 Å². The summed E-state index contributed by atoms with van der Waals surface area (Å²) in [6.07, 6.45) is 0. The largest absolute Gasteiger partial charge is 0.456 e. The fourth-order valence-corrected chi connectivity index (χ4v) is 12.0. The van der Waals surface area contributed by atoms with Gasteiger partial charge in [0.25, 0.3) is 0 Å². The minimum atomic E-state index is -0.0566. The van der Waals surface area contributed by atoms with Gasteiger partial charge in [0.1, 0.15) is 11.2 Å². The van der Waals surface area contributed by atoms with Gasteiger partial charge in [-0.05, 0) is 113 Å². The van der Waals surface area contributed by atoms with E-state index in [0.717, 1.165) is 11.2 Å². The molecule has 298 valence electrons. The van der Waals surface area contributed by atoms with Crippen molar-refractivity contribution in [1.29, 1.82) is 0 Å². The molecule has 0 N–H and O–H groups in total. The molecule has 0 spiro atoms. The molecule has 12 aromatic rings. The average Bonchev–Trinajstić information content (AvgIpc) is 3.90. The highest BCUT2D eigenvalue weighted by molar-refractivity contribution is 6.90. The molecule has 2 aliphatic rings. The summed E-state index contributed by atoms with van der Waals surface area (Å²) in [5.74, 6) is 0. The van der Waals surface area contributed by atoms with Gasteiger partial charge in [0.15, 0.2) is 0 Å². The zero-order valence-electron chi connectivity index (χ0n) is 36.9. The Morgan fingerprint density at radius 3 is 1.89 bits per heavy atom. The highest BCUT2D eigenvalue weighted by Gasteiger charge is 2.44. The van der Waals surface area contributed by atoms with Crippen LogP contribution in [0, 0.1) is 0 Å². The summed E-state index contributed by atoms with van der Waals surface area (Å²) < 4.78 is 12.0. The first-order chi connectivity index (χ1) is 29.7. The third kappa shape index (κ3) is 4.15. The van der Waals surface area contributed by atoms with Crippen LogP contribution in [0.5, 0.6) is 0 Å². The van der Waals surface area contributed by atoms with E-state index < -0.39 is 0 Å². The minimum absolute atomic E-state index is 0.0155. The van der Waals surface area contributed by atoms with Crippen molar-refractivity contribution in [3.8, 4) is 16.8 Å². The predicted molar refractivity (Wildman–Crippen MR) is 267 cm³/mol. The van der Waals surface area contributed by atoms with Crippen LogP contribution in [0.25, 0.3) is 115 Å². The molecular formula is C58H47BN2O. The molecule has 0 fully saturated rings. The number of nitrogens with zero attached hydrogens (tertiary/aromatic N) is 2. The molecule has 3 nitrogen and oxygen atoms in total. The van der Waals surface area contributed by atoms with E-state index in [-0.39, 0.29) is 23.1 Å². The standard InChI is InChI=1S/C58H47BN2O/c1-56(2,3)32-19-22-43-39(27-32)40-28-34(58(7,8)9)29-41-49-36-20-17-30-25-33(57(4,5)6)26-31-18-21-38(48(36)47(30)31)55-52(49)59(61(43)53(40)41)42-15-12-14-37-50-44(60(55)54(37)42)23-24-46-51(50)35-13-10-11-16-45(35)62-46/h10-29H,1-9H3. The van der Waals surface area contributed by atoms with Crippen molar-refractivity contribution in [3.05, 3.63) is 138 Å².